The second-order valence-corrected chi connectivity index (χ2v) is 15.9. The number of carbonyl (C=O) groups is 2. The lowest BCUT2D eigenvalue weighted by Gasteiger charge is -2.23. The molecule has 0 N–H and O–H groups in total. The summed E-state index contributed by atoms with van der Waals surface area (Å²) in [5.41, 5.74) is 0. The van der Waals surface area contributed by atoms with E-state index in [1.807, 2.05) is 20.4 Å². The van der Waals surface area contributed by atoms with Crippen LogP contribution in [0.4, 0.5) is 0 Å². The zero-order valence-corrected chi connectivity index (χ0v) is 15.3. The maximum absolute atomic E-state index is 10.6. The van der Waals surface area contributed by atoms with Crippen LogP contribution in [-0.2, 0) is 18.4 Å². The van der Waals surface area contributed by atoms with E-state index >= 15 is 0 Å². The molecule has 0 amide bonds. The van der Waals surface area contributed by atoms with Gasteiger partial charge < -0.3 is 8.85 Å². The summed E-state index contributed by atoms with van der Waals surface area (Å²) in [6, 6.07) is 1.52. The molecule has 8 heteroatoms. The highest BCUT2D eigenvalue weighted by molar-refractivity contribution is 7.44. The lowest BCUT2D eigenvalue weighted by Crippen LogP contribution is -2.40. The standard InChI is InChI=1S/C7H14O4Si.C3H8Cl2Si/c1-5-12(4,10-6(2)8)11-7(3)9;1-3-6(2,4)5/h5H2,1-4H3;3H2,1-2H3. The Morgan fingerprint density at radius 2 is 1.22 bits per heavy atom. The lowest BCUT2D eigenvalue weighted by atomic mass is 10.9. The summed E-state index contributed by atoms with van der Waals surface area (Å²) in [7, 11) is -2.55. The van der Waals surface area contributed by atoms with Crippen LogP contribution >= 0.6 is 22.2 Å². The molecule has 0 heterocycles. The minimum atomic E-state index is -2.55. The molecule has 0 fully saturated rings. The van der Waals surface area contributed by atoms with E-state index in [1.54, 1.807) is 6.55 Å². The minimum Gasteiger partial charge on any atom is -0.485 e. The molecule has 0 aliphatic carbocycles. The Balaban J connectivity index is 0. The molecule has 4 nitrogen and oxygen atoms in total. The lowest BCUT2D eigenvalue weighted by molar-refractivity contribution is -0.138. The predicted molar refractivity (Wildman–Crippen MR) is 79.4 cm³/mol. The zero-order chi connectivity index (χ0) is 15.0. The molecule has 0 atom stereocenters. The highest BCUT2D eigenvalue weighted by atomic mass is 35.7. The van der Waals surface area contributed by atoms with Gasteiger partial charge >= 0.3 is 8.56 Å². The Labute approximate surface area is 121 Å². The van der Waals surface area contributed by atoms with Crippen LogP contribution in [0.1, 0.15) is 27.7 Å². The van der Waals surface area contributed by atoms with Crippen LogP contribution in [0.25, 0.3) is 0 Å². The highest BCUT2D eigenvalue weighted by Gasteiger charge is 2.35. The molecule has 0 radical (unpaired) electrons. The fraction of sp³-hybridized carbons (Fsp3) is 0.800. The molecule has 0 aromatic carbocycles. The molecule has 0 spiro atoms. The van der Waals surface area contributed by atoms with Gasteiger partial charge in [-0.15, -0.1) is 22.2 Å². The van der Waals surface area contributed by atoms with Crippen molar-refractivity contribution in [1.29, 1.82) is 0 Å². The van der Waals surface area contributed by atoms with Gasteiger partial charge in [-0.05, 0) is 12.6 Å². The Kier molecular flexibility index (Phi) is 10.1. The molecule has 0 unspecified atom stereocenters. The second kappa shape index (κ2) is 8.95. The van der Waals surface area contributed by atoms with Gasteiger partial charge in [0.05, 0.1) is 0 Å². The van der Waals surface area contributed by atoms with E-state index < -0.39 is 27.2 Å². The molecular formula is C10H22Cl2O4Si2. The molecule has 0 bridgehead atoms. The third-order valence-corrected chi connectivity index (χ3v) is 7.55. The number of hydrogen-bond donors (Lipinski definition) is 0. The predicted octanol–water partition coefficient (Wildman–Crippen LogP) is 3.76. The van der Waals surface area contributed by atoms with Gasteiger partial charge in [0.25, 0.3) is 11.9 Å². The number of halogens is 2. The van der Waals surface area contributed by atoms with E-state index in [0.29, 0.717) is 6.04 Å². The summed E-state index contributed by atoms with van der Waals surface area (Å²) >= 11 is 11.2. The third-order valence-electron chi connectivity index (χ3n) is 1.98. The Hall–Kier alpha value is -0.0462. The van der Waals surface area contributed by atoms with Crippen LogP contribution in [0.3, 0.4) is 0 Å². The van der Waals surface area contributed by atoms with Gasteiger partial charge in [-0.3, -0.25) is 9.59 Å². The number of rotatable bonds is 4. The molecule has 108 valence electrons. The second-order valence-electron chi connectivity index (χ2n) is 4.10. The van der Waals surface area contributed by atoms with Crippen molar-refractivity contribution >= 4 is 49.4 Å². The van der Waals surface area contributed by atoms with Gasteiger partial charge in [0, 0.05) is 26.4 Å². The molecule has 0 aromatic heterocycles. The summed E-state index contributed by atoms with van der Waals surface area (Å²) in [5.74, 6) is -0.792. The molecule has 0 saturated heterocycles. The first-order valence-electron chi connectivity index (χ1n) is 5.72. The fourth-order valence-corrected chi connectivity index (χ4v) is 2.32. The van der Waals surface area contributed by atoms with Crippen LogP contribution in [0, 0.1) is 0 Å². The minimum absolute atomic E-state index is 0.396. The summed E-state index contributed by atoms with van der Waals surface area (Å²) in [4.78, 5) is 21.2. The maximum atomic E-state index is 10.6. The van der Waals surface area contributed by atoms with Gasteiger partial charge in [-0.2, -0.15) is 0 Å². The van der Waals surface area contributed by atoms with Gasteiger partial charge in [-0.1, -0.05) is 13.8 Å². The fourth-order valence-electron chi connectivity index (χ4n) is 0.773. The molecule has 0 aliphatic rings. The summed E-state index contributed by atoms with van der Waals surface area (Å²) < 4.78 is 9.91. The molecule has 0 aliphatic heterocycles. The van der Waals surface area contributed by atoms with E-state index in [2.05, 4.69) is 0 Å². The van der Waals surface area contributed by atoms with Crippen molar-refractivity contribution in [3.05, 3.63) is 0 Å². The van der Waals surface area contributed by atoms with Crippen molar-refractivity contribution in [2.45, 2.75) is 52.9 Å². The van der Waals surface area contributed by atoms with Crippen LogP contribution in [0.2, 0.25) is 25.2 Å². The van der Waals surface area contributed by atoms with Crippen molar-refractivity contribution in [1.82, 2.24) is 0 Å². The Morgan fingerprint density at radius 1 is 0.944 bits per heavy atom. The average molecular weight is 333 g/mol. The van der Waals surface area contributed by atoms with Crippen molar-refractivity contribution in [3.63, 3.8) is 0 Å². The SMILES string of the molecule is CC[Si](C)(Cl)Cl.CC[Si](C)(OC(C)=O)OC(C)=O. The Bertz CT molecular complexity index is 264. The van der Waals surface area contributed by atoms with Crippen molar-refractivity contribution in [3.8, 4) is 0 Å². The van der Waals surface area contributed by atoms with Gasteiger partial charge in [0.15, 0.2) is 0 Å². The summed E-state index contributed by atoms with van der Waals surface area (Å²) in [6.45, 7) is 8.37. The largest absolute Gasteiger partial charge is 0.485 e. The van der Waals surface area contributed by atoms with Crippen molar-refractivity contribution in [2.75, 3.05) is 0 Å². The third kappa shape index (κ3) is 14.0. The summed E-state index contributed by atoms with van der Waals surface area (Å²) in [6.07, 6.45) is 0. The maximum Gasteiger partial charge on any atom is 0.460 e. The number of carbonyl (C=O) groups excluding carboxylic acids is 2. The smallest absolute Gasteiger partial charge is 0.460 e. The quantitative estimate of drug-likeness (QED) is 0.581. The first kappa shape index (κ1) is 20.3. The van der Waals surface area contributed by atoms with E-state index in [9.17, 15) is 9.59 Å². The van der Waals surface area contributed by atoms with E-state index in [0.717, 1.165) is 6.04 Å². The highest BCUT2D eigenvalue weighted by Crippen LogP contribution is 2.17. The van der Waals surface area contributed by atoms with Gasteiger partial charge in [-0.25, -0.2) is 0 Å². The molecule has 18 heavy (non-hydrogen) atoms. The Morgan fingerprint density at radius 3 is 1.33 bits per heavy atom. The van der Waals surface area contributed by atoms with Crippen LogP contribution in [0.5, 0.6) is 0 Å². The normalized spacial score (nSPS) is 11.1. The molecular weight excluding hydrogens is 311 g/mol. The van der Waals surface area contributed by atoms with Crippen LogP contribution < -0.4 is 0 Å². The van der Waals surface area contributed by atoms with Gasteiger partial charge in [0.2, 0.25) is 6.69 Å². The first-order valence-corrected chi connectivity index (χ1v) is 13.0. The molecule has 0 aromatic rings. The molecule has 0 saturated carbocycles. The van der Waals surface area contributed by atoms with Crippen LogP contribution in [0.15, 0.2) is 0 Å². The van der Waals surface area contributed by atoms with Crippen molar-refractivity contribution in [2.24, 2.45) is 0 Å². The molecule has 0 rings (SSSR count). The number of hydrogen-bond acceptors (Lipinski definition) is 4. The van der Waals surface area contributed by atoms with Crippen molar-refractivity contribution < 1.29 is 18.4 Å². The average Bonchev–Trinajstić information content (AvgIpc) is 2.15. The summed E-state index contributed by atoms with van der Waals surface area (Å²) in [5, 5.41) is 0. The van der Waals surface area contributed by atoms with Gasteiger partial charge in [0.1, 0.15) is 0 Å². The monoisotopic (exact) mass is 332 g/mol. The van der Waals surface area contributed by atoms with Crippen LogP contribution in [-0.4, -0.2) is 27.2 Å². The first-order chi connectivity index (χ1) is 7.95. The van der Waals surface area contributed by atoms with E-state index in [-0.39, 0.29) is 0 Å². The van der Waals surface area contributed by atoms with E-state index in [4.69, 9.17) is 31.0 Å². The van der Waals surface area contributed by atoms with E-state index in [1.165, 1.54) is 13.8 Å². The topological polar surface area (TPSA) is 52.6 Å². The zero-order valence-electron chi connectivity index (χ0n) is 11.8.